The fraction of sp³-hybridized carbons (Fsp3) is 0. The Bertz CT molecular complexity index is 363. The molecular weight excluding hydrogens is 193 g/mol. The van der Waals surface area contributed by atoms with E-state index in [2.05, 4.69) is 0 Å². The lowest BCUT2D eigenvalue weighted by Crippen LogP contribution is -2.05. The molecule has 0 aliphatic rings. The van der Waals surface area contributed by atoms with E-state index in [4.69, 9.17) is 17.3 Å². The van der Waals surface area contributed by atoms with Crippen LogP contribution in [0.25, 0.3) is 6.08 Å². The molecule has 0 unspecified atom stereocenters. The van der Waals surface area contributed by atoms with Gasteiger partial charge >= 0.3 is 0 Å². The van der Waals surface area contributed by atoms with E-state index in [0.29, 0.717) is 10.6 Å². The summed E-state index contributed by atoms with van der Waals surface area (Å²) in [5.74, 6) is -1.01. The third-order valence-corrected chi connectivity index (χ3v) is 1.73. The Hall–Kier alpha value is -1.35. The Balaban J connectivity index is 3.00. The zero-order valence-electron chi connectivity index (χ0n) is 6.63. The molecule has 0 fully saturated rings. The number of rotatable bonds is 2. The van der Waals surface area contributed by atoms with Gasteiger partial charge in [0.05, 0.1) is 0 Å². The molecule has 0 aliphatic heterocycles. The lowest BCUT2D eigenvalue weighted by atomic mass is 10.2. The molecule has 0 aromatic heterocycles. The van der Waals surface area contributed by atoms with Crippen molar-refractivity contribution < 1.29 is 9.18 Å². The summed E-state index contributed by atoms with van der Waals surface area (Å²) >= 11 is 5.71. The van der Waals surface area contributed by atoms with E-state index in [9.17, 15) is 9.18 Å². The minimum atomic E-state index is -0.597. The molecule has 2 N–H and O–H groups in total. The Morgan fingerprint density at radius 3 is 2.85 bits per heavy atom. The van der Waals surface area contributed by atoms with Crippen molar-refractivity contribution in [3.8, 4) is 0 Å². The first-order chi connectivity index (χ1) is 6.09. The number of hydrogen-bond donors (Lipinski definition) is 1. The molecular formula is C9H7ClFNO. The topological polar surface area (TPSA) is 43.1 Å². The molecule has 13 heavy (non-hydrogen) atoms. The van der Waals surface area contributed by atoms with Crippen LogP contribution in [-0.4, -0.2) is 5.91 Å². The number of primary amides is 1. The van der Waals surface area contributed by atoms with Gasteiger partial charge in [-0.1, -0.05) is 11.6 Å². The van der Waals surface area contributed by atoms with E-state index in [0.717, 1.165) is 6.08 Å². The van der Waals surface area contributed by atoms with Crippen molar-refractivity contribution in [3.05, 3.63) is 40.7 Å². The van der Waals surface area contributed by atoms with Gasteiger partial charge in [0, 0.05) is 11.1 Å². The fourth-order valence-electron chi connectivity index (χ4n) is 0.814. The number of hydrogen-bond acceptors (Lipinski definition) is 1. The normalized spacial score (nSPS) is 10.6. The molecule has 0 atom stereocenters. The summed E-state index contributed by atoms with van der Waals surface area (Å²) in [6.07, 6.45) is 2.49. The van der Waals surface area contributed by atoms with Crippen molar-refractivity contribution in [2.75, 3.05) is 0 Å². The molecule has 1 amide bonds. The number of nitrogens with two attached hydrogens (primary N) is 1. The zero-order chi connectivity index (χ0) is 9.84. The lowest BCUT2D eigenvalue weighted by molar-refractivity contribution is -0.113. The fourth-order valence-corrected chi connectivity index (χ4v) is 0.995. The predicted octanol–water partition coefficient (Wildman–Crippen LogP) is 1.98. The van der Waals surface area contributed by atoms with Crippen molar-refractivity contribution in [2.24, 2.45) is 5.73 Å². The number of carbonyl (C=O) groups is 1. The highest BCUT2D eigenvalue weighted by molar-refractivity contribution is 6.32. The maximum atomic E-state index is 12.7. The van der Waals surface area contributed by atoms with Gasteiger partial charge < -0.3 is 5.73 Å². The largest absolute Gasteiger partial charge is 0.366 e. The quantitative estimate of drug-likeness (QED) is 0.728. The molecule has 0 saturated heterocycles. The van der Waals surface area contributed by atoms with Gasteiger partial charge in [-0.2, -0.15) is 0 Å². The Labute approximate surface area is 79.8 Å². The van der Waals surface area contributed by atoms with Gasteiger partial charge in [0.1, 0.15) is 5.82 Å². The molecule has 0 heterocycles. The highest BCUT2D eigenvalue weighted by Gasteiger charge is 1.98. The van der Waals surface area contributed by atoms with Gasteiger partial charge in [-0.25, -0.2) is 4.39 Å². The molecule has 1 aromatic carbocycles. The van der Waals surface area contributed by atoms with Crippen LogP contribution in [0.2, 0.25) is 5.02 Å². The van der Waals surface area contributed by atoms with E-state index < -0.39 is 11.7 Å². The summed E-state index contributed by atoms with van der Waals surface area (Å²) in [7, 11) is 0. The molecule has 0 radical (unpaired) electrons. The average molecular weight is 200 g/mol. The van der Waals surface area contributed by atoms with Gasteiger partial charge in [0.2, 0.25) is 5.91 Å². The molecule has 0 bridgehead atoms. The second kappa shape index (κ2) is 4.05. The van der Waals surface area contributed by atoms with Crippen LogP contribution < -0.4 is 5.73 Å². The van der Waals surface area contributed by atoms with Crippen molar-refractivity contribution >= 4 is 23.6 Å². The van der Waals surface area contributed by atoms with Crippen LogP contribution in [0.15, 0.2) is 24.3 Å². The predicted molar refractivity (Wildman–Crippen MR) is 49.6 cm³/mol. The molecule has 2 nitrogen and oxygen atoms in total. The summed E-state index contributed by atoms with van der Waals surface area (Å²) in [5, 5.41) is 0.374. The summed E-state index contributed by atoms with van der Waals surface area (Å²) < 4.78 is 12.7. The highest BCUT2D eigenvalue weighted by Crippen LogP contribution is 2.18. The maximum absolute atomic E-state index is 12.7. The monoisotopic (exact) mass is 199 g/mol. The van der Waals surface area contributed by atoms with E-state index in [1.165, 1.54) is 24.3 Å². The summed E-state index contributed by atoms with van der Waals surface area (Å²) in [5.41, 5.74) is 5.30. The molecule has 1 rings (SSSR count). The van der Waals surface area contributed by atoms with Gasteiger partial charge in [-0.05, 0) is 29.8 Å². The van der Waals surface area contributed by atoms with Crippen LogP contribution in [0, 0.1) is 5.82 Å². The van der Waals surface area contributed by atoms with Crippen LogP contribution in [0.1, 0.15) is 5.56 Å². The van der Waals surface area contributed by atoms with Gasteiger partial charge in [-0.3, -0.25) is 4.79 Å². The molecule has 0 aliphatic carbocycles. The summed E-state index contributed by atoms with van der Waals surface area (Å²) in [4.78, 5) is 10.4. The van der Waals surface area contributed by atoms with E-state index >= 15 is 0 Å². The summed E-state index contributed by atoms with van der Waals surface area (Å²) in [6.45, 7) is 0. The lowest BCUT2D eigenvalue weighted by Gasteiger charge is -1.96. The van der Waals surface area contributed by atoms with Crippen LogP contribution in [-0.2, 0) is 4.79 Å². The third kappa shape index (κ3) is 2.87. The van der Waals surface area contributed by atoms with Crippen molar-refractivity contribution in [3.63, 3.8) is 0 Å². The SMILES string of the molecule is NC(=O)C=Cc1cc(F)ccc1Cl. The minimum Gasteiger partial charge on any atom is -0.366 e. The smallest absolute Gasteiger partial charge is 0.241 e. The number of halogens is 2. The third-order valence-electron chi connectivity index (χ3n) is 1.39. The van der Waals surface area contributed by atoms with E-state index in [1.54, 1.807) is 0 Å². The summed E-state index contributed by atoms with van der Waals surface area (Å²) in [6, 6.07) is 3.88. The Morgan fingerprint density at radius 2 is 2.23 bits per heavy atom. The molecule has 1 aromatic rings. The number of carbonyl (C=O) groups excluding carboxylic acids is 1. The first-order valence-electron chi connectivity index (χ1n) is 3.52. The number of benzene rings is 1. The van der Waals surface area contributed by atoms with Gasteiger partial charge in [0.15, 0.2) is 0 Å². The van der Waals surface area contributed by atoms with Crippen molar-refractivity contribution in [1.82, 2.24) is 0 Å². The first-order valence-corrected chi connectivity index (χ1v) is 3.90. The van der Waals surface area contributed by atoms with Crippen molar-refractivity contribution in [1.29, 1.82) is 0 Å². The van der Waals surface area contributed by atoms with Crippen LogP contribution >= 0.6 is 11.6 Å². The maximum Gasteiger partial charge on any atom is 0.241 e. The molecule has 0 spiro atoms. The van der Waals surface area contributed by atoms with Crippen molar-refractivity contribution in [2.45, 2.75) is 0 Å². The van der Waals surface area contributed by atoms with Crippen LogP contribution in [0.4, 0.5) is 4.39 Å². The second-order valence-electron chi connectivity index (χ2n) is 2.40. The van der Waals surface area contributed by atoms with Crippen LogP contribution in [0.3, 0.4) is 0 Å². The zero-order valence-corrected chi connectivity index (χ0v) is 7.38. The molecule has 4 heteroatoms. The second-order valence-corrected chi connectivity index (χ2v) is 2.81. The van der Waals surface area contributed by atoms with Gasteiger partial charge in [0.25, 0.3) is 0 Å². The number of amides is 1. The standard InChI is InChI=1S/C9H7ClFNO/c10-8-3-2-7(11)5-6(8)1-4-9(12)13/h1-5H,(H2,12,13). The minimum absolute atomic E-state index is 0.374. The Kier molecular flexibility index (Phi) is 3.03. The van der Waals surface area contributed by atoms with Gasteiger partial charge in [-0.15, -0.1) is 0 Å². The molecule has 68 valence electrons. The first kappa shape index (κ1) is 9.74. The molecule has 0 saturated carbocycles. The van der Waals surface area contributed by atoms with E-state index in [-0.39, 0.29) is 0 Å². The van der Waals surface area contributed by atoms with E-state index in [1.807, 2.05) is 0 Å². The average Bonchev–Trinajstić information content (AvgIpc) is 2.06. The van der Waals surface area contributed by atoms with Crippen LogP contribution in [0.5, 0.6) is 0 Å². The highest BCUT2D eigenvalue weighted by atomic mass is 35.5. The Morgan fingerprint density at radius 1 is 1.54 bits per heavy atom.